The van der Waals surface area contributed by atoms with Crippen LogP contribution < -0.4 is 0 Å². The maximum absolute atomic E-state index is 9.16. The highest BCUT2D eigenvalue weighted by Gasteiger charge is 2.23. The molecule has 2 aliphatic rings. The SMILES string of the molecule is O/N=C1/CCC=CCC[C@H]1SC1CCCCC1. The molecule has 1 saturated carbocycles. The first kappa shape index (κ1) is 13.0. The van der Waals surface area contributed by atoms with Gasteiger partial charge in [0.15, 0.2) is 0 Å². The molecule has 0 bridgehead atoms. The molecule has 0 aliphatic heterocycles. The lowest BCUT2D eigenvalue weighted by Gasteiger charge is -2.27. The second-order valence-electron chi connectivity index (χ2n) is 5.06. The van der Waals surface area contributed by atoms with Crippen LogP contribution in [0.25, 0.3) is 0 Å². The smallest absolute Gasteiger partial charge is 0.0703 e. The first-order valence-electron chi connectivity index (χ1n) is 6.91. The predicted molar refractivity (Wildman–Crippen MR) is 75.1 cm³/mol. The highest BCUT2D eigenvalue weighted by atomic mass is 32.2. The van der Waals surface area contributed by atoms with Crippen LogP contribution in [0.15, 0.2) is 17.3 Å². The Balaban J connectivity index is 1.92. The molecule has 0 radical (unpaired) electrons. The number of thioether (sulfide) groups is 1. The van der Waals surface area contributed by atoms with E-state index in [9.17, 15) is 0 Å². The van der Waals surface area contributed by atoms with Gasteiger partial charge in [0.05, 0.1) is 5.71 Å². The highest BCUT2D eigenvalue weighted by molar-refractivity contribution is 8.01. The Morgan fingerprint density at radius 3 is 2.59 bits per heavy atom. The second kappa shape index (κ2) is 7.10. The average Bonchev–Trinajstić information content (AvgIpc) is 2.34. The summed E-state index contributed by atoms with van der Waals surface area (Å²) in [5, 5.41) is 14.0. The molecule has 2 nitrogen and oxygen atoms in total. The molecule has 0 amide bonds. The number of nitrogens with zero attached hydrogens (tertiary/aromatic N) is 1. The van der Waals surface area contributed by atoms with Crippen LogP contribution in [0.3, 0.4) is 0 Å². The average molecular weight is 253 g/mol. The zero-order chi connectivity index (χ0) is 11.9. The van der Waals surface area contributed by atoms with Crippen molar-refractivity contribution in [2.45, 2.75) is 68.3 Å². The van der Waals surface area contributed by atoms with E-state index in [-0.39, 0.29) is 0 Å². The van der Waals surface area contributed by atoms with Crippen LogP contribution in [0.5, 0.6) is 0 Å². The van der Waals surface area contributed by atoms with Gasteiger partial charge in [-0.2, -0.15) is 0 Å². The van der Waals surface area contributed by atoms with Crippen LogP contribution in [0, 0.1) is 0 Å². The van der Waals surface area contributed by atoms with Gasteiger partial charge in [-0.15, -0.1) is 11.8 Å². The van der Waals surface area contributed by atoms with Crippen molar-refractivity contribution in [3.63, 3.8) is 0 Å². The van der Waals surface area contributed by atoms with E-state index in [1.165, 1.54) is 32.1 Å². The predicted octanol–water partition coefficient (Wildman–Crippen LogP) is 4.38. The minimum Gasteiger partial charge on any atom is -0.411 e. The molecule has 0 unspecified atom stereocenters. The Morgan fingerprint density at radius 1 is 1.06 bits per heavy atom. The summed E-state index contributed by atoms with van der Waals surface area (Å²) in [6.07, 6.45) is 15.6. The number of hydrogen-bond donors (Lipinski definition) is 1. The lowest BCUT2D eigenvalue weighted by Crippen LogP contribution is -2.23. The molecule has 1 N–H and O–H groups in total. The van der Waals surface area contributed by atoms with Crippen molar-refractivity contribution in [1.29, 1.82) is 0 Å². The van der Waals surface area contributed by atoms with Crippen LogP contribution in [0.4, 0.5) is 0 Å². The molecule has 17 heavy (non-hydrogen) atoms. The zero-order valence-corrected chi connectivity index (χ0v) is 11.3. The molecule has 0 aromatic carbocycles. The minimum absolute atomic E-state index is 0.452. The minimum atomic E-state index is 0.452. The van der Waals surface area contributed by atoms with Crippen LogP contribution >= 0.6 is 11.8 Å². The van der Waals surface area contributed by atoms with Crippen molar-refractivity contribution in [3.8, 4) is 0 Å². The first-order valence-corrected chi connectivity index (χ1v) is 7.85. The topological polar surface area (TPSA) is 32.6 Å². The maximum atomic E-state index is 9.16. The summed E-state index contributed by atoms with van der Waals surface area (Å²) in [4.78, 5) is 0. The normalized spacial score (nSPS) is 30.1. The lowest BCUT2D eigenvalue weighted by atomic mass is 10.0. The number of hydrogen-bond acceptors (Lipinski definition) is 3. The molecule has 0 spiro atoms. The van der Waals surface area contributed by atoms with Crippen molar-refractivity contribution in [2.75, 3.05) is 0 Å². The Hall–Kier alpha value is -0.440. The molecule has 2 aliphatic carbocycles. The summed E-state index contributed by atoms with van der Waals surface area (Å²) in [6.45, 7) is 0. The number of allylic oxidation sites excluding steroid dienone is 2. The van der Waals surface area contributed by atoms with E-state index in [1.807, 2.05) is 0 Å². The van der Waals surface area contributed by atoms with E-state index in [1.54, 1.807) is 0 Å². The zero-order valence-electron chi connectivity index (χ0n) is 10.5. The molecule has 0 aromatic rings. The van der Waals surface area contributed by atoms with E-state index in [0.717, 1.165) is 36.6 Å². The lowest BCUT2D eigenvalue weighted by molar-refractivity contribution is 0.316. The van der Waals surface area contributed by atoms with Gasteiger partial charge in [0.1, 0.15) is 0 Å². The molecular formula is C14H23NOS. The standard InChI is InChI=1S/C14H23NOS/c16-15-13-10-6-1-2-7-11-14(13)17-12-8-4-3-5-9-12/h1-2,12,14,16H,3-11H2/b2-1?,15-13-/t14-/m1/s1. The van der Waals surface area contributed by atoms with Crippen molar-refractivity contribution in [1.82, 2.24) is 0 Å². The van der Waals surface area contributed by atoms with Gasteiger partial charge in [0.2, 0.25) is 0 Å². The highest BCUT2D eigenvalue weighted by Crippen LogP contribution is 2.34. The summed E-state index contributed by atoms with van der Waals surface area (Å²) in [5.41, 5.74) is 1.02. The van der Waals surface area contributed by atoms with Gasteiger partial charge in [-0.05, 0) is 38.5 Å². The van der Waals surface area contributed by atoms with Crippen LogP contribution in [-0.4, -0.2) is 21.4 Å². The second-order valence-corrected chi connectivity index (χ2v) is 6.57. The van der Waals surface area contributed by atoms with Crippen LogP contribution in [0.2, 0.25) is 0 Å². The molecular weight excluding hydrogens is 230 g/mol. The molecule has 1 fully saturated rings. The molecule has 0 saturated heterocycles. The van der Waals surface area contributed by atoms with E-state index in [4.69, 9.17) is 5.21 Å². The third kappa shape index (κ3) is 4.06. The van der Waals surface area contributed by atoms with Gasteiger partial charge >= 0.3 is 0 Å². The summed E-state index contributed by atoms with van der Waals surface area (Å²) in [7, 11) is 0. The Bertz CT molecular complexity index is 282. The van der Waals surface area contributed by atoms with Gasteiger partial charge in [0, 0.05) is 10.5 Å². The fourth-order valence-corrected chi connectivity index (χ4v) is 4.40. The Kier molecular flexibility index (Phi) is 5.43. The van der Waals surface area contributed by atoms with Gasteiger partial charge in [0.25, 0.3) is 0 Å². The molecule has 0 heterocycles. The largest absolute Gasteiger partial charge is 0.411 e. The van der Waals surface area contributed by atoms with Crippen molar-refractivity contribution in [2.24, 2.45) is 5.16 Å². The number of rotatable bonds is 2. The van der Waals surface area contributed by atoms with E-state index < -0.39 is 0 Å². The monoisotopic (exact) mass is 253 g/mol. The fourth-order valence-electron chi connectivity index (χ4n) is 2.74. The molecule has 3 heteroatoms. The summed E-state index contributed by atoms with van der Waals surface area (Å²) in [5.74, 6) is 0. The summed E-state index contributed by atoms with van der Waals surface area (Å²) in [6, 6.07) is 0. The maximum Gasteiger partial charge on any atom is 0.0703 e. The van der Waals surface area contributed by atoms with Gasteiger partial charge in [-0.25, -0.2) is 0 Å². The van der Waals surface area contributed by atoms with Crippen LogP contribution in [0.1, 0.15) is 57.8 Å². The van der Waals surface area contributed by atoms with Crippen molar-refractivity contribution < 1.29 is 5.21 Å². The Morgan fingerprint density at radius 2 is 1.82 bits per heavy atom. The van der Waals surface area contributed by atoms with Crippen LogP contribution in [-0.2, 0) is 0 Å². The molecule has 2 rings (SSSR count). The van der Waals surface area contributed by atoms with Crippen molar-refractivity contribution in [3.05, 3.63) is 12.2 Å². The van der Waals surface area contributed by atoms with E-state index >= 15 is 0 Å². The third-order valence-electron chi connectivity index (χ3n) is 3.74. The van der Waals surface area contributed by atoms with E-state index in [0.29, 0.717) is 5.25 Å². The quantitative estimate of drug-likeness (QED) is 0.450. The van der Waals surface area contributed by atoms with Crippen molar-refractivity contribution >= 4 is 17.5 Å². The first-order chi connectivity index (χ1) is 8.40. The van der Waals surface area contributed by atoms with Gasteiger partial charge < -0.3 is 5.21 Å². The van der Waals surface area contributed by atoms with E-state index in [2.05, 4.69) is 29.1 Å². The molecule has 1 atom stereocenters. The fraction of sp³-hybridized carbons (Fsp3) is 0.786. The third-order valence-corrected chi connectivity index (χ3v) is 5.43. The van der Waals surface area contributed by atoms with Gasteiger partial charge in [-0.3, -0.25) is 0 Å². The number of oxime groups is 1. The molecule has 0 aromatic heterocycles. The summed E-state index contributed by atoms with van der Waals surface area (Å²) >= 11 is 2.07. The summed E-state index contributed by atoms with van der Waals surface area (Å²) < 4.78 is 0. The Labute approximate surface area is 109 Å². The molecule has 96 valence electrons. The van der Waals surface area contributed by atoms with Gasteiger partial charge in [-0.1, -0.05) is 36.6 Å².